The van der Waals surface area contributed by atoms with Crippen molar-refractivity contribution in [2.24, 2.45) is 0 Å². The van der Waals surface area contributed by atoms with E-state index in [1.165, 1.54) is 0 Å². The minimum atomic E-state index is -4.50. The maximum atomic E-state index is 13.4. The van der Waals surface area contributed by atoms with E-state index in [1.807, 2.05) is 7.05 Å². The van der Waals surface area contributed by atoms with Crippen molar-refractivity contribution in [3.63, 3.8) is 0 Å². The third-order valence-electron chi connectivity index (χ3n) is 5.31. The normalized spacial score (nSPS) is 15.6. The third kappa shape index (κ3) is 5.21. The van der Waals surface area contributed by atoms with E-state index in [1.54, 1.807) is 31.2 Å². The number of hydrogen-bond acceptors (Lipinski definition) is 3. The summed E-state index contributed by atoms with van der Waals surface area (Å²) in [5, 5.41) is 2.61. The number of piperazine rings is 1. The number of carbonyl (C=O) groups is 1. The highest BCUT2D eigenvalue weighted by molar-refractivity contribution is 6.05. The first-order chi connectivity index (χ1) is 14.2. The number of likely N-dealkylation sites (N-methyl/N-ethyl adjacent to an activating group) is 1. The molecule has 0 aromatic heterocycles. The fourth-order valence-corrected chi connectivity index (χ4v) is 3.52. The van der Waals surface area contributed by atoms with Crippen molar-refractivity contribution in [3.05, 3.63) is 64.2 Å². The zero-order valence-electron chi connectivity index (χ0n) is 17.0. The largest absolute Gasteiger partial charge is 0.416 e. The maximum Gasteiger partial charge on any atom is 0.416 e. The van der Waals surface area contributed by atoms with E-state index in [-0.39, 0.29) is 5.69 Å². The Morgan fingerprint density at radius 3 is 2.50 bits per heavy atom. The molecule has 2 aromatic rings. The molecule has 0 radical (unpaired) electrons. The summed E-state index contributed by atoms with van der Waals surface area (Å²) in [5.74, 6) is 2.01. The number of rotatable bonds is 4. The third-order valence-corrected chi connectivity index (χ3v) is 5.31. The lowest BCUT2D eigenvalue weighted by atomic mass is 10.0. The summed E-state index contributed by atoms with van der Waals surface area (Å²) >= 11 is 0. The molecule has 7 heteroatoms. The molecule has 158 valence electrons. The van der Waals surface area contributed by atoms with Gasteiger partial charge in [-0.3, -0.25) is 9.69 Å². The Labute approximate surface area is 174 Å². The number of alkyl halides is 3. The SMILES string of the molecule is C#Cc1cccc(C(=O)Nc2cc(CN3CCN(C)CC3)cc(C(F)(F)F)c2)c1C. The van der Waals surface area contributed by atoms with Gasteiger partial charge in [0, 0.05) is 49.5 Å². The van der Waals surface area contributed by atoms with Gasteiger partial charge in [-0.1, -0.05) is 12.0 Å². The molecule has 1 aliphatic heterocycles. The summed E-state index contributed by atoms with van der Waals surface area (Å²) in [5.41, 5.74) is 1.37. The standard InChI is InChI=1S/C23H24F3N3O/c1-4-18-6-5-7-21(16(18)2)22(30)27-20-13-17(12-19(14-20)23(24,25)26)15-29-10-8-28(3)9-11-29/h1,5-7,12-14H,8-11,15H2,2-3H3,(H,27,30). The van der Waals surface area contributed by atoms with E-state index in [0.29, 0.717) is 28.8 Å². The summed E-state index contributed by atoms with van der Waals surface area (Å²) in [6, 6.07) is 8.69. The van der Waals surface area contributed by atoms with Crippen molar-refractivity contribution in [3.8, 4) is 12.3 Å². The number of hydrogen-bond donors (Lipinski definition) is 1. The van der Waals surface area contributed by atoms with Crippen LogP contribution in [0.15, 0.2) is 36.4 Å². The maximum absolute atomic E-state index is 13.4. The van der Waals surface area contributed by atoms with Crippen LogP contribution in [0.2, 0.25) is 0 Å². The van der Waals surface area contributed by atoms with Gasteiger partial charge in [-0.25, -0.2) is 0 Å². The van der Waals surface area contributed by atoms with Crippen molar-refractivity contribution in [2.75, 3.05) is 38.5 Å². The average molecular weight is 415 g/mol. The lowest BCUT2D eigenvalue weighted by molar-refractivity contribution is -0.137. The zero-order valence-corrected chi connectivity index (χ0v) is 17.0. The Balaban J connectivity index is 1.86. The molecule has 0 spiro atoms. The second kappa shape index (κ2) is 8.90. The number of nitrogens with zero attached hydrogens (tertiary/aromatic N) is 2. The Hall–Kier alpha value is -2.82. The molecule has 0 aliphatic carbocycles. The number of nitrogens with one attached hydrogen (secondary N) is 1. The van der Waals surface area contributed by atoms with Gasteiger partial charge >= 0.3 is 6.18 Å². The van der Waals surface area contributed by atoms with Crippen molar-refractivity contribution >= 4 is 11.6 Å². The van der Waals surface area contributed by atoms with Crippen LogP contribution in [0.1, 0.15) is 32.6 Å². The predicted molar refractivity (Wildman–Crippen MR) is 111 cm³/mol. The fourth-order valence-electron chi connectivity index (χ4n) is 3.52. The summed E-state index contributed by atoms with van der Waals surface area (Å²) in [6.07, 6.45) is 0.940. The van der Waals surface area contributed by atoms with Gasteiger partial charge < -0.3 is 10.2 Å². The number of anilines is 1. The highest BCUT2D eigenvalue weighted by atomic mass is 19.4. The van der Waals surface area contributed by atoms with Crippen LogP contribution in [-0.2, 0) is 12.7 Å². The van der Waals surface area contributed by atoms with Crippen molar-refractivity contribution in [1.82, 2.24) is 9.80 Å². The van der Waals surface area contributed by atoms with E-state index < -0.39 is 17.6 Å². The van der Waals surface area contributed by atoms with Gasteiger partial charge in [-0.15, -0.1) is 6.42 Å². The van der Waals surface area contributed by atoms with E-state index in [4.69, 9.17) is 6.42 Å². The molecule has 0 saturated carbocycles. The zero-order chi connectivity index (χ0) is 21.9. The van der Waals surface area contributed by atoms with Crippen LogP contribution in [0, 0.1) is 19.3 Å². The van der Waals surface area contributed by atoms with Crippen LogP contribution >= 0.6 is 0 Å². The van der Waals surface area contributed by atoms with Gasteiger partial charge in [0.1, 0.15) is 0 Å². The number of terminal acetylenes is 1. The van der Waals surface area contributed by atoms with Gasteiger partial charge in [-0.05, 0) is 55.4 Å². The van der Waals surface area contributed by atoms with Crippen molar-refractivity contribution in [1.29, 1.82) is 0 Å². The first kappa shape index (κ1) is 21.9. The minimum absolute atomic E-state index is 0.115. The molecule has 1 fully saturated rings. The van der Waals surface area contributed by atoms with Crippen LogP contribution in [-0.4, -0.2) is 48.9 Å². The molecular formula is C23H24F3N3O. The predicted octanol–water partition coefficient (Wildman–Crippen LogP) is 3.99. The molecule has 1 N–H and O–H groups in total. The smallest absolute Gasteiger partial charge is 0.322 e. The Kier molecular flexibility index (Phi) is 6.49. The van der Waals surface area contributed by atoms with E-state index in [2.05, 4.69) is 21.0 Å². The molecule has 1 saturated heterocycles. The van der Waals surface area contributed by atoms with E-state index >= 15 is 0 Å². The monoisotopic (exact) mass is 415 g/mol. The van der Waals surface area contributed by atoms with Crippen LogP contribution < -0.4 is 5.32 Å². The summed E-state index contributed by atoms with van der Waals surface area (Å²) in [4.78, 5) is 17.0. The molecule has 0 unspecified atom stereocenters. The summed E-state index contributed by atoms with van der Waals surface area (Å²) < 4.78 is 40.3. The van der Waals surface area contributed by atoms with Crippen LogP contribution in [0.25, 0.3) is 0 Å². The van der Waals surface area contributed by atoms with E-state index in [0.717, 1.165) is 38.3 Å². The minimum Gasteiger partial charge on any atom is -0.322 e. The fraction of sp³-hybridized carbons (Fsp3) is 0.348. The van der Waals surface area contributed by atoms with Crippen LogP contribution in [0.3, 0.4) is 0 Å². The lowest BCUT2D eigenvalue weighted by Crippen LogP contribution is -2.43. The van der Waals surface area contributed by atoms with Gasteiger partial charge in [-0.2, -0.15) is 13.2 Å². The quantitative estimate of drug-likeness (QED) is 0.767. The summed E-state index contributed by atoms with van der Waals surface area (Å²) in [7, 11) is 2.02. The number of amides is 1. The topological polar surface area (TPSA) is 35.6 Å². The van der Waals surface area contributed by atoms with Crippen molar-refractivity contribution < 1.29 is 18.0 Å². The molecule has 2 aromatic carbocycles. The first-order valence-electron chi connectivity index (χ1n) is 9.67. The molecule has 0 bridgehead atoms. The molecule has 1 aliphatic rings. The summed E-state index contributed by atoms with van der Waals surface area (Å²) in [6.45, 7) is 5.42. The number of halogens is 3. The highest BCUT2D eigenvalue weighted by Crippen LogP contribution is 2.32. The van der Waals surface area contributed by atoms with Crippen LogP contribution in [0.4, 0.5) is 18.9 Å². The molecule has 1 amide bonds. The van der Waals surface area contributed by atoms with E-state index in [9.17, 15) is 18.0 Å². The molecular weight excluding hydrogens is 391 g/mol. The second-order valence-electron chi connectivity index (χ2n) is 7.57. The Morgan fingerprint density at radius 1 is 1.17 bits per heavy atom. The Morgan fingerprint density at radius 2 is 1.87 bits per heavy atom. The van der Waals surface area contributed by atoms with Gasteiger partial charge in [0.05, 0.1) is 5.56 Å². The lowest BCUT2D eigenvalue weighted by Gasteiger charge is -2.32. The first-order valence-corrected chi connectivity index (χ1v) is 9.67. The number of benzene rings is 2. The van der Waals surface area contributed by atoms with Gasteiger partial charge in [0.25, 0.3) is 5.91 Å². The molecule has 4 nitrogen and oxygen atoms in total. The van der Waals surface area contributed by atoms with Gasteiger partial charge in [0.2, 0.25) is 0 Å². The number of carbonyl (C=O) groups excluding carboxylic acids is 1. The highest BCUT2D eigenvalue weighted by Gasteiger charge is 2.31. The Bertz CT molecular complexity index is 971. The molecule has 30 heavy (non-hydrogen) atoms. The second-order valence-corrected chi connectivity index (χ2v) is 7.57. The molecule has 3 rings (SSSR count). The molecule has 0 atom stereocenters. The average Bonchev–Trinajstić information content (AvgIpc) is 2.69. The molecule has 1 heterocycles. The van der Waals surface area contributed by atoms with Crippen molar-refractivity contribution in [2.45, 2.75) is 19.6 Å². The van der Waals surface area contributed by atoms with Gasteiger partial charge in [0.15, 0.2) is 0 Å². The van der Waals surface area contributed by atoms with Crippen LogP contribution in [0.5, 0.6) is 0 Å².